The molecule has 0 atom stereocenters. The van der Waals surface area contributed by atoms with Gasteiger partial charge < -0.3 is 10.2 Å². The van der Waals surface area contributed by atoms with Gasteiger partial charge in [0.25, 0.3) is 5.91 Å². The van der Waals surface area contributed by atoms with Crippen LogP contribution in [0.1, 0.15) is 10.4 Å². The summed E-state index contributed by atoms with van der Waals surface area (Å²) in [7, 11) is 2.08. The van der Waals surface area contributed by atoms with Gasteiger partial charge in [0, 0.05) is 32.4 Å². The summed E-state index contributed by atoms with van der Waals surface area (Å²) in [6.07, 6.45) is 1.63. The van der Waals surface area contributed by atoms with E-state index in [0.29, 0.717) is 29.3 Å². The first kappa shape index (κ1) is 19.3. The Labute approximate surface area is 164 Å². The molecule has 2 aliphatic rings. The van der Waals surface area contributed by atoms with Crippen LogP contribution in [-0.4, -0.2) is 66.4 Å². The fourth-order valence-corrected chi connectivity index (χ4v) is 3.36. The summed E-state index contributed by atoms with van der Waals surface area (Å²) in [5.74, 6) is 0.146. The first-order chi connectivity index (χ1) is 12.6. The van der Waals surface area contributed by atoms with Crippen molar-refractivity contribution in [2.45, 2.75) is 0 Å². The van der Waals surface area contributed by atoms with E-state index in [1.54, 1.807) is 41.4 Å². The van der Waals surface area contributed by atoms with Crippen LogP contribution in [0.5, 0.6) is 0 Å². The van der Waals surface area contributed by atoms with Gasteiger partial charge >= 0.3 is 0 Å². The molecule has 1 fully saturated rings. The maximum atomic E-state index is 13.2. The molecule has 0 saturated carbocycles. The molecule has 1 N–H and O–H groups in total. The molecule has 4 rings (SSSR count). The normalized spacial score (nSPS) is 17.2. The Kier molecular flexibility index (Phi) is 5.74. The molecule has 142 valence electrons. The number of nitrogens with one attached hydrogen (secondary N) is 1. The van der Waals surface area contributed by atoms with E-state index in [9.17, 15) is 9.59 Å². The van der Waals surface area contributed by atoms with Crippen molar-refractivity contribution in [2.24, 2.45) is 0 Å². The first-order valence-electron chi connectivity index (χ1n) is 8.73. The molecule has 0 aliphatic carbocycles. The minimum atomic E-state index is -0.232. The number of nitrogens with zero attached hydrogens (tertiary/aromatic N) is 4. The highest BCUT2D eigenvalue weighted by Crippen LogP contribution is 2.36. The Bertz CT molecular complexity index is 851. The number of hydrogen-bond donors (Lipinski definition) is 1. The molecule has 0 bridgehead atoms. The van der Waals surface area contributed by atoms with Gasteiger partial charge in [-0.25, -0.2) is 4.98 Å². The highest BCUT2D eigenvalue weighted by molar-refractivity contribution is 6.17. The average molecular weight is 388 g/mol. The lowest BCUT2D eigenvalue weighted by molar-refractivity contribution is -0.119. The minimum absolute atomic E-state index is 0. The number of pyridine rings is 1. The molecule has 0 spiro atoms. The number of amides is 2. The summed E-state index contributed by atoms with van der Waals surface area (Å²) in [6.45, 7) is 3.89. The van der Waals surface area contributed by atoms with Gasteiger partial charge in [0.15, 0.2) is 5.82 Å². The van der Waals surface area contributed by atoms with Gasteiger partial charge in [-0.2, -0.15) is 0 Å². The summed E-state index contributed by atoms with van der Waals surface area (Å²) in [4.78, 5) is 36.1. The monoisotopic (exact) mass is 387 g/mol. The lowest BCUT2D eigenvalue weighted by Gasteiger charge is -2.33. The van der Waals surface area contributed by atoms with Crippen molar-refractivity contribution in [1.82, 2.24) is 14.8 Å². The van der Waals surface area contributed by atoms with Crippen LogP contribution in [0, 0.1) is 0 Å². The minimum Gasteiger partial charge on any atom is -0.319 e. The van der Waals surface area contributed by atoms with Gasteiger partial charge in [0.05, 0.1) is 23.5 Å². The number of anilines is 3. The van der Waals surface area contributed by atoms with Crippen molar-refractivity contribution in [2.75, 3.05) is 50.0 Å². The van der Waals surface area contributed by atoms with Crippen molar-refractivity contribution in [3.05, 3.63) is 48.2 Å². The smallest absolute Gasteiger partial charge is 0.257 e. The molecule has 2 amide bonds. The van der Waals surface area contributed by atoms with Crippen LogP contribution in [0.4, 0.5) is 17.2 Å². The van der Waals surface area contributed by atoms with Crippen LogP contribution in [-0.2, 0) is 4.79 Å². The summed E-state index contributed by atoms with van der Waals surface area (Å²) in [5.41, 5.74) is 1.58. The number of fused-ring (bicyclic) bond motifs is 2. The molecule has 0 radical (unpaired) electrons. The Balaban J connectivity index is 0.00000210. The van der Waals surface area contributed by atoms with Crippen LogP contribution in [0.2, 0.25) is 0 Å². The van der Waals surface area contributed by atoms with Gasteiger partial charge in [0.1, 0.15) is 0 Å². The third-order valence-electron chi connectivity index (χ3n) is 4.84. The average Bonchev–Trinajstić information content (AvgIpc) is 2.77. The van der Waals surface area contributed by atoms with Crippen molar-refractivity contribution < 1.29 is 9.59 Å². The third-order valence-corrected chi connectivity index (χ3v) is 4.84. The maximum absolute atomic E-state index is 13.2. The number of hydrogen-bond acceptors (Lipinski definition) is 5. The molecule has 1 saturated heterocycles. The number of piperazine rings is 1. The summed E-state index contributed by atoms with van der Waals surface area (Å²) in [5, 5.41) is 2.86. The second-order valence-electron chi connectivity index (χ2n) is 6.65. The SMILES string of the molecule is CN1CCN(CC(=O)N2c3ccccc3C(=O)Nc3cccnc32)CC1.Cl. The van der Waals surface area contributed by atoms with E-state index < -0.39 is 0 Å². The Hall–Kier alpha value is -2.48. The molecule has 27 heavy (non-hydrogen) atoms. The van der Waals surface area contributed by atoms with Crippen LogP contribution in [0.25, 0.3) is 0 Å². The predicted octanol–water partition coefficient (Wildman–Crippen LogP) is 1.98. The second kappa shape index (κ2) is 8.04. The lowest BCUT2D eigenvalue weighted by atomic mass is 10.1. The zero-order chi connectivity index (χ0) is 18.1. The molecule has 8 heteroatoms. The molecule has 3 heterocycles. The molecular formula is C19H22ClN5O2. The number of aromatic nitrogens is 1. The number of para-hydroxylation sites is 1. The number of halogens is 1. The Morgan fingerprint density at radius 3 is 2.63 bits per heavy atom. The highest BCUT2D eigenvalue weighted by Gasteiger charge is 2.31. The fourth-order valence-electron chi connectivity index (χ4n) is 3.36. The number of rotatable bonds is 2. The van der Waals surface area contributed by atoms with Gasteiger partial charge in [-0.15, -0.1) is 12.4 Å². The molecule has 1 aromatic heterocycles. The largest absolute Gasteiger partial charge is 0.319 e. The van der Waals surface area contributed by atoms with Crippen molar-refractivity contribution in [3.8, 4) is 0 Å². The summed E-state index contributed by atoms with van der Waals surface area (Å²) < 4.78 is 0. The zero-order valence-electron chi connectivity index (χ0n) is 15.1. The third kappa shape index (κ3) is 3.80. The topological polar surface area (TPSA) is 68.8 Å². The van der Waals surface area contributed by atoms with Gasteiger partial charge in [-0.05, 0) is 31.3 Å². The van der Waals surface area contributed by atoms with E-state index in [0.717, 1.165) is 26.2 Å². The second-order valence-corrected chi connectivity index (χ2v) is 6.65. The maximum Gasteiger partial charge on any atom is 0.257 e. The molecule has 2 aliphatic heterocycles. The van der Waals surface area contributed by atoms with Crippen LogP contribution < -0.4 is 10.2 Å². The van der Waals surface area contributed by atoms with Gasteiger partial charge in [-0.3, -0.25) is 19.4 Å². The number of benzene rings is 1. The van der Waals surface area contributed by atoms with Crippen LogP contribution in [0.15, 0.2) is 42.6 Å². The van der Waals surface area contributed by atoms with Crippen molar-refractivity contribution >= 4 is 41.4 Å². The standard InChI is InChI=1S/C19H21N5O2.ClH/c1-22-9-11-23(12-10-22)13-17(25)24-16-7-3-2-5-14(16)19(26)21-15-6-4-8-20-18(15)24;/h2-8H,9-13H2,1H3,(H,21,26);1H. The van der Waals surface area contributed by atoms with Crippen molar-refractivity contribution in [1.29, 1.82) is 0 Å². The first-order valence-corrected chi connectivity index (χ1v) is 8.73. The van der Waals surface area contributed by atoms with E-state index in [4.69, 9.17) is 0 Å². The zero-order valence-corrected chi connectivity index (χ0v) is 15.9. The highest BCUT2D eigenvalue weighted by atomic mass is 35.5. The van der Waals surface area contributed by atoms with E-state index >= 15 is 0 Å². The van der Waals surface area contributed by atoms with Crippen LogP contribution in [0.3, 0.4) is 0 Å². The van der Waals surface area contributed by atoms with Gasteiger partial charge in [0.2, 0.25) is 5.91 Å². The number of carbonyl (C=O) groups excluding carboxylic acids is 2. The van der Waals surface area contributed by atoms with Gasteiger partial charge in [-0.1, -0.05) is 12.1 Å². The van der Waals surface area contributed by atoms with E-state index in [1.165, 1.54) is 0 Å². The van der Waals surface area contributed by atoms with Crippen LogP contribution >= 0.6 is 12.4 Å². The lowest BCUT2D eigenvalue weighted by Crippen LogP contribution is -2.48. The number of carbonyl (C=O) groups is 2. The predicted molar refractivity (Wildman–Crippen MR) is 107 cm³/mol. The van der Waals surface area contributed by atoms with E-state index in [1.807, 2.05) is 6.07 Å². The van der Waals surface area contributed by atoms with E-state index in [2.05, 4.69) is 27.1 Å². The molecular weight excluding hydrogens is 366 g/mol. The van der Waals surface area contributed by atoms with E-state index in [-0.39, 0.29) is 24.2 Å². The molecule has 2 aromatic rings. The fraction of sp³-hybridized carbons (Fsp3) is 0.316. The Morgan fingerprint density at radius 2 is 1.85 bits per heavy atom. The quantitative estimate of drug-likeness (QED) is 0.853. The molecule has 0 unspecified atom stereocenters. The molecule has 1 aromatic carbocycles. The summed E-state index contributed by atoms with van der Waals surface area (Å²) in [6, 6.07) is 10.7. The number of likely N-dealkylation sites (N-methyl/N-ethyl adjacent to an activating group) is 1. The van der Waals surface area contributed by atoms with Crippen molar-refractivity contribution in [3.63, 3.8) is 0 Å². The Morgan fingerprint density at radius 1 is 1.11 bits per heavy atom. The molecule has 7 nitrogen and oxygen atoms in total. The summed E-state index contributed by atoms with van der Waals surface area (Å²) >= 11 is 0.